The average molecular weight is 474 g/mol. The number of benzene rings is 1. The van der Waals surface area contributed by atoms with Crippen LogP contribution in [0.2, 0.25) is 5.15 Å². The molecule has 0 saturated carbocycles. The molecule has 0 aliphatic heterocycles. The number of aromatic nitrogens is 4. The fourth-order valence-electron chi connectivity index (χ4n) is 2.58. The van der Waals surface area contributed by atoms with Gasteiger partial charge in [0.15, 0.2) is 5.69 Å². The highest BCUT2D eigenvalue weighted by Gasteiger charge is 2.39. The highest BCUT2D eigenvalue weighted by atomic mass is 35.5. The zero-order valence-electron chi connectivity index (χ0n) is 15.5. The molecular formula is C18H9ClF5N5O3. The molecule has 0 bridgehead atoms. The smallest absolute Gasteiger partial charge is 0.437 e. The van der Waals surface area contributed by atoms with Gasteiger partial charge in [-0.25, -0.2) is 18.9 Å². The van der Waals surface area contributed by atoms with E-state index < -0.39 is 53.0 Å². The lowest BCUT2D eigenvalue weighted by molar-refractivity contribution is -0.142. The van der Waals surface area contributed by atoms with E-state index in [1.807, 2.05) is 5.10 Å². The normalized spacial score (nSPS) is 11.4. The third-order valence-corrected chi connectivity index (χ3v) is 4.18. The summed E-state index contributed by atoms with van der Waals surface area (Å²) >= 11 is 5.67. The maximum atomic E-state index is 13.4. The molecular weight excluding hydrogens is 465 g/mol. The topological polar surface area (TPSA) is 114 Å². The van der Waals surface area contributed by atoms with Gasteiger partial charge in [-0.1, -0.05) is 11.6 Å². The first kappa shape index (κ1) is 22.9. The fourth-order valence-corrected chi connectivity index (χ4v) is 2.76. The molecule has 32 heavy (non-hydrogen) atoms. The fraction of sp³-hybridized carbons (Fsp3) is 0.167. The molecule has 0 atom stereocenters. The van der Waals surface area contributed by atoms with Gasteiger partial charge in [0.1, 0.15) is 10.9 Å². The first-order valence-electron chi connectivity index (χ1n) is 8.41. The van der Waals surface area contributed by atoms with Crippen molar-refractivity contribution < 1.29 is 26.7 Å². The quantitative estimate of drug-likeness (QED) is 0.566. The molecule has 0 aliphatic rings. The van der Waals surface area contributed by atoms with E-state index in [4.69, 9.17) is 21.6 Å². The SMILES string of the molecule is N#Cc1cc(Oc2c(C(F)(F)F)ncn(Cc3cc(Cl)n[nH]c3=O)c2=O)cc(C(F)F)c1. The first-order chi connectivity index (χ1) is 15.0. The molecule has 2 heterocycles. The van der Waals surface area contributed by atoms with Crippen LogP contribution in [0, 0.1) is 11.3 Å². The van der Waals surface area contributed by atoms with Gasteiger partial charge in [-0.3, -0.25) is 14.2 Å². The van der Waals surface area contributed by atoms with Gasteiger partial charge < -0.3 is 4.74 Å². The number of rotatable bonds is 5. The van der Waals surface area contributed by atoms with E-state index in [9.17, 15) is 31.5 Å². The van der Waals surface area contributed by atoms with E-state index in [1.165, 1.54) is 0 Å². The van der Waals surface area contributed by atoms with E-state index in [-0.39, 0.29) is 16.3 Å². The Morgan fingerprint density at radius 3 is 2.56 bits per heavy atom. The third-order valence-electron chi connectivity index (χ3n) is 3.98. The maximum absolute atomic E-state index is 13.4. The van der Waals surface area contributed by atoms with Crippen LogP contribution in [0.4, 0.5) is 22.0 Å². The summed E-state index contributed by atoms with van der Waals surface area (Å²) < 4.78 is 72.0. The number of nitriles is 1. The van der Waals surface area contributed by atoms with Crippen LogP contribution in [0.3, 0.4) is 0 Å². The number of nitrogens with one attached hydrogen (secondary N) is 1. The van der Waals surface area contributed by atoms with Gasteiger partial charge in [-0.2, -0.15) is 23.5 Å². The number of hydrogen-bond donors (Lipinski definition) is 1. The van der Waals surface area contributed by atoms with Crippen LogP contribution in [-0.4, -0.2) is 19.7 Å². The summed E-state index contributed by atoms with van der Waals surface area (Å²) in [6, 6.07) is 5.06. The second-order valence-electron chi connectivity index (χ2n) is 6.20. The number of hydrogen-bond acceptors (Lipinski definition) is 6. The van der Waals surface area contributed by atoms with Gasteiger partial charge in [-0.05, 0) is 24.3 Å². The van der Waals surface area contributed by atoms with Crippen molar-refractivity contribution in [3.63, 3.8) is 0 Å². The molecule has 2 aromatic heterocycles. The van der Waals surface area contributed by atoms with Crippen molar-refractivity contribution in [3.05, 3.63) is 78.8 Å². The zero-order chi connectivity index (χ0) is 23.6. The Kier molecular flexibility index (Phi) is 6.26. The summed E-state index contributed by atoms with van der Waals surface area (Å²) in [7, 11) is 0. The Hall–Kier alpha value is -3.79. The molecule has 0 unspecified atom stereocenters. The minimum absolute atomic E-state index is 0.119. The molecule has 1 N–H and O–H groups in total. The van der Waals surface area contributed by atoms with Crippen molar-refractivity contribution in [1.29, 1.82) is 5.26 Å². The molecule has 8 nitrogen and oxygen atoms in total. The number of alkyl halides is 5. The summed E-state index contributed by atoms with van der Waals surface area (Å²) in [4.78, 5) is 27.8. The lowest BCUT2D eigenvalue weighted by Gasteiger charge is -2.15. The van der Waals surface area contributed by atoms with E-state index in [0.29, 0.717) is 17.0 Å². The van der Waals surface area contributed by atoms with Crippen LogP contribution in [0.1, 0.15) is 28.8 Å². The third kappa shape index (κ3) is 4.92. The average Bonchev–Trinajstić information content (AvgIpc) is 2.72. The summed E-state index contributed by atoms with van der Waals surface area (Å²) in [6.45, 7) is -0.543. The van der Waals surface area contributed by atoms with Crippen LogP contribution in [0.5, 0.6) is 11.5 Å². The largest absolute Gasteiger partial charge is 0.449 e. The Morgan fingerprint density at radius 2 is 1.94 bits per heavy atom. The monoisotopic (exact) mass is 473 g/mol. The van der Waals surface area contributed by atoms with Crippen molar-refractivity contribution in [2.75, 3.05) is 0 Å². The number of H-pyrrole nitrogens is 1. The molecule has 0 aliphatic carbocycles. The number of nitrogens with zero attached hydrogens (tertiary/aromatic N) is 4. The summed E-state index contributed by atoms with van der Waals surface area (Å²) in [6.07, 6.45) is -7.65. The van der Waals surface area contributed by atoms with Crippen LogP contribution in [0.25, 0.3) is 0 Å². The van der Waals surface area contributed by atoms with Crippen molar-refractivity contribution >= 4 is 11.6 Å². The van der Waals surface area contributed by atoms with E-state index >= 15 is 0 Å². The minimum atomic E-state index is -5.14. The second kappa shape index (κ2) is 8.75. The zero-order valence-corrected chi connectivity index (χ0v) is 16.2. The van der Waals surface area contributed by atoms with Gasteiger partial charge in [0.05, 0.1) is 24.5 Å². The number of halogens is 6. The van der Waals surface area contributed by atoms with Gasteiger partial charge >= 0.3 is 6.18 Å². The van der Waals surface area contributed by atoms with Crippen LogP contribution < -0.4 is 15.9 Å². The van der Waals surface area contributed by atoms with Gasteiger partial charge in [0, 0.05) is 11.1 Å². The Bertz CT molecular complexity index is 1330. The van der Waals surface area contributed by atoms with E-state index in [0.717, 1.165) is 18.2 Å². The van der Waals surface area contributed by atoms with Gasteiger partial charge in [0.25, 0.3) is 17.5 Å². The van der Waals surface area contributed by atoms with Crippen LogP contribution in [-0.2, 0) is 12.7 Å². The molecule has 0 radical (unpaired) electrons. The molecule has 1 aromatic carbocycles. The minimum Gasteiger partial charge on any atom is -0.449 e. The maximum Gasteiger partial charge on any atom is 0.437 e. The molecule has 166 valence electrons. The highest BCUT2D eigenvalue weighted by Crippen LogP contribution is 2.35. The van der Waals surface area contributed by atoms with Crippen LogP contribution in [0.15, 0.2) is 40.2 Å². The summed E-state index contributed by atoms with van der Waals surface area (Å²) in [5.74, 6) is -1.93. The highest BCUT2D eigenvalue weighted by molar-refractivity contribution is 6.29. The molecule has 3 rings (SSSR count). The Morgan fingerprint density at radius 1 is 1.22 bits per heavy atom. The second-order valence-corrected chi connectivity index (χ2v) is 6.59. The molecule has 0 saturated heterocycles. The van der Waals surface area contributed by atoms with Crippen molar-refractivity contribution in [2.45, 2.75) is 19.1 Å². The molecule has 0 fully saturated rings. The van der Waals surface area contributed by atoms with Crippen molar-refractivity contribution in [1.82, 2.24) is 19.7 Å². The standard InChI is InChI=1S/C18H9ClF5N5O3/c19-12-4-10(16(30)28-27-12)6-29-7-26-14(18(22,23)24)13(17(29)31)32-11-2-8(5-25)1-9(3-11)15(20)21/h1-4,7,15H,6H2,(H,28,30). The first-order valence-corrected chi connectivity index (χ1v) is 8.79. The van der Waals surface area contributed by atoms with Gasteiger partial charge in [0.2, 0.25) is 5.75 Å². The van der Waals surface area contributed by atoms with E-state index in [2.05, 4.69) is 10.1 Å². The lowest BCUT2D eigenvalue weighted by Crippen LogP contribution is -2.28. The summed E-state index contributed by atoms with van der Waals surface area (Å²) in [5, 5.41) is 14.3. The number of aromatic amines is 1. The molecule has 3 aromatic rings. The van der Waals surface area contributed by atoms with Gasteiger partial charge in [-0.15, -0.1) is 0 Å². The Balaban J connectivity index is 2.14. The molecule has 0 amide bonds. The van der Waals surface area contributed by atoms with Crippen molar-refractivity contribution in [2.24, 2.45) is 0 Å². The molecule has 14 heteroatoms. The number of ether oxygens (including phenoxy) is 1. The predicted molar refractivity (Wildman–Crippen MR) is 98.7 cm³/mol. The predicted octanol–water partition coefficient (Wildman–Crippen LogP) is 3.65. The lowest BCUT2D eigenvalue weighted by atomic mass is 10.1. The van der Waals surface area contributed by atoms with Crippen molar-refractivity contribution in [3.8, 4) is 17.6 Å². The van der Waals surface area contributed by atoms with E-state index in [1.54, 1.807) is 6.07 Å². The molecule has 0 spiro atoms. The van der Waals surface area contributed by atoms with Crippen LogP contribution >= 0.6 is 11.6 Å². The summed E-state index contributed by atoms with van der Waals surface area (Å²) in [5.41, 5.74) is -4.98. The Labute approximate surface area is 179 Å².